The van der Waals surface area contributed by atoms with E-state index in [1.807, 2.05) is 12.1 Å². The molecule has 0 saturated carbocycles. The molecule has 3 nitrogen and oxygen atoms in total. The summed E-state index contributed by atoms with van der Waals surface area (Å²) in [5.41, 5.74) is 7.13. The molecular formula is C16H25NO2. The van der Waals surface area contributed by atoms with Crippen LogP contribution < -0.4 is 10.5 Å². The lowest BCUT2D eigenvalue weighted by molar-refractivity contribution is -0.0839. The zero-order chi connectivity index (χ0) is 13.9. The van der Waals surface area contributed by atoms with Crippen molar-refractivity contribution in [1.82, 2.24) is 0 Å². The topological polar surface area (TPSA) is 44.5 Å². The van der Waals surface area contributed by atoms with Gasteiger partial charge in [0.15, 0.2) is 0 Å². The van der Waals surface area contributed by atoms with Gasteiger partial charge in [0.25, 0.3) is 0 Å². The van der Waals surface area contributed by atoms with Crippen LogP contribution in [0.3, 0.4) is 0 Å². The summed E-state index contributed by atoms with van der Waals surface area (Å²) in [5.74, 6) is 0.966. The predicted molar refractivity (Wildman–Crippen MR) is 77.6 cm³/mol. The molecule has 1 saturated heterocycles. The molecule has 1 aromatic rings. The Morgan fingerprint density at radius 1 is 1.32 bits per heavy atom. The predicted octanol–water partition coefficient (Wildman–Crippen LogP) is 2.87. The Morgan fingerprint density at radius 3 is 2.68 bits per heavy atom. The van der Waals surface area contributed by atoms with Crippen molar-refractivity contribution in [2.75, 3.05) is 20.3 Å². The van der Waals surface area contributed by atoms with Crippen molar-refractivity contribution in [1.29, 1.82) is 0 Å². The zero-order valence-electron chi connectivity index (χ0n) is 12.2. The molecule has 1 aromatic carbocycles. The summed E-state index contributed by atoms with van der Waals surface area (Å²) < 4.78 is 11.4. The fraction of sp³-hybridized carbons (Fsp3) is 0.625. The second kappa shape index (κ2) is 5.51. The molecule has 106 valence electrons. The monoisotopic (exact) mass is 263 g/mol. The molecule has 0 amide bonds. The van der Waals surface area contributed by atoms with E-state index in [1.54, 1.807) is 7.11 Å². The quantitative estimate of drug-likeness (QED) is 0.908. The molecule has 1 fully saturated rings. The molecule has 0 bridgehead atoms. The molecule has 2 N–H and O–H groups in total. The molecular weight excluding hydrogens is 238 g/mol. The number of ether oxygens (including phenoxy) is 2. The maximum absolute atomic E-state index is 5.88. The van der Waals surface area contributed by atoms with Crippen LogP contribution in [0.5, 0.6) is 5.75 Å². The maximum Gasteiger partial charge on any atom is 0.122 e. The third-order valence-corrected chi connectivity index (χ3v) is 4.14. The maximum atomic E-state index is 5.88. The largest absolute Gasteiger partial charge is 0.496 e. The summed E-state index contributed by atoms with van der Waals surface area (Å²) >= 11 is 0. The van der Waals surface area contributed by atoms with Crippen LogP contribution in [-0.4, -0.2) is 25.9 Å². The molecule has 0 unspecified atom stereocenters. The van der Waals surface area contributed by atoms with Gasteiger partial charge in [-0.1, -0.05) is 18.2 Å². The summed E-state index contributed by atoms with van der Waals surface area (Å²) in [6.07, 6.45) is 2.96. The third kappa shape index (κ3) is 2.93. The highest BCUT2D eigenvalue weighted by molar-refractivity contribution is 5.40. The fourth-order valence-corrected chi connectivity index (χ4v) is 3.41. The van der Waals surface area contributed by atoms with Gasteiger partial charge >= 0.3 is 0 Å². The molecule has 0 aromatic heterocycles. The van der Waals surface area contributed by atoms with Crippen molar-refractivity contribution >= 4 is 0 Å². The first-order valence-corrected chi connectivity index (χ1v) is 7.00. The van der Waals surface area contributed by atoms with E-state index in [1.165, 1.54) is 5.56 Å². The summed E-state index contributed by atoms with van der Waals surface area (Å²) in [7, 11) is 1.74. The minimum absolute atomic E-state index is 0.0725. The second-order valence-corrected chi connectivity index (χ2v) is 6.05. The zero-order valence-corrected chi connectivity index (χ0v) is 12.2. The average molecular weight is 263 g/mol. The minimum Gasteiger partial charge on any atom is -0.496 e. The van der Waals surface area contributed by atoms with Gasteiger partial charge in [0.1, 0.15) is 5.75 Å². The lowest BCUT2D eigenvalue weighted by Gasteiger charge is -2.45. The summed E-state index contributed by atoms with van der Waals surface area (Å²) in [5, 5.41) is 0. The Hall–Kier alpha value is -1.06. The van der Waals surface area contributed by atoms with Crippen molar-refractivity contribution in [3.8, 4) is 5.75 Å². The smallest absolute Gasteiger partial charge is 0.122 e. The summed E-state index contributed by atoms with van der Waals surface area (Å²) in [6, 6.07) is 8.31. The van der Waals surface area contributed by atoms with Gasteiger partial charge in [-0.2, -0.15) is 0 Å². The van der Waals surface area contributed by atoms with Gasteiger partial charge in [0.05, 0.1) is 12.7 Å². The molecule has 0 aliphatic carbocycles. The van der Waals surface area contributed by atoms with Crippen LogP contribution in [0.4, 0.5) is 0 Å². The van der Waals surface area contributed by atoms with Gasteiger partial charge in [-0.3, -0.25) is 0 Å². The van der Waals surface area contributed by atoms with Crippen molar-refractivity contribution in [2.45, 2.75) is 44.1 Å². The average Bonchev–Trinajstić information content (AvgIpc) is 2.38. The van der Waals surface area contributed by atoms with E-state index in [-0.39, 0.29) is 11.0 Å². The van der Waals surface area contributed by atoms with Crippen LogP contribution in [0, 0.1) is 0 Å². The first-order chi connectivity index (χ1) is 9.03. The van der Waals surface area contributed by atoms with Crippen LogP contribution in [0.15, 0.2) is 24.3 Å². The molecule has 1 aliphatic heterocycles. The van der Waals surface area contributed by atoms with Crippen LogP contribution in [0.1, 0.15) is 38.7 Å². The number of nitrogens with two attached hydrogens (primary N) is 1. The molecule has 19 heavy (non-hydrogen) atoms. The Balaban J connectivity index is 2.43. The molecule has 1 atom stereocenters. The molecule has 3 heteroatoms. The number of para-hydroxylation sites is 1. The Bertz CT molecular complexity index is 427. The van der Waals surface area contributed by atoms with Gasteiger partial charge in [0, 0.05) is 17.6 Å². The standard InChI is InChI=1S/C16H25NO2/c1-15(2)12-16(8-10-17,9-11-19-15)13-6-4-5-7-14(13)18-3/h4-7H,8-12,17H2,1-3H3/t16-/m0/s1. The Morgan fingerprint density at radius 2 is 2.05 bits per heavy atom. The first-order valence-electron chi connectivity index (χ1n) is 7.00. The van der Waals surface area contributed by atoms with E-state index in [0.717, 1.165) is 31.6 Å². The van der Waals surface area contributed by atoms with E-state index in [4.69, 9.17) is 15.2 Å². The number of rotatable bonds is 4. The van der Waals surface area contributed by atoms with Crippen molar-refractivity contribution < 1.29 is 9.47 Å². The molecule has 2 rings (SSSR count). The lowest BCUT2D eigenvalue weighted by atomic mass is 9.67. The highest BCUT2D eigenvalue weighted by atomic mass is 16.5. The number of hydrogen-bond acceptors (Lipinski definition) is 3. The normalized spacial score (nSPS) is 26.1. The third-order valence-electron chi connectivity index (χ3n) is 4.14. The summed E-state index contributed by atoms with van der Waals surface area (Å²) in [4.78, 5) is 0. The van der Waals surface area contributed by atoms with Gasteiger partial charge in [-0.05, 0) is 45.7 Å². The fourth-order valence-electron chi connectivity index (χ4n) is 3.41. The van der Waals surface area contributed by atoms with Gasteiger partial charge in [0.2, 0.25) is 0 Å². The lowest BCUT2D eigenvalue weighted by Crippen LogP contribution is -2.45. The molecule has 0 radical (unpaired) electrons. The molecule has 1 aliphatic rings. The van der Waals surface area contributed by atoms with E-state index in [9.17, 15) is 0 Å². The highest BCUT2D eigenvalue weighted by Gasteiger charge is 2.42. The van der Waals surface area contributed by atoms with Crippen LogP contribution in [0.25, 0.3) is 0 Å². The van der Waals surface area contributed by atoms with Crippen molar-refractivity contribution in [3.05, 3.63) is 29.8 Å². The van der Waals surface area contributed by atoms with Crippen LogP contribution in [-0.2, 0) is 10.2 Å². The van der Waals surface area contributed by atoms with Gasteiger partial charge in [-0.25, -0.2) is 0 Å². The van der Waals surface area contributed by atoms with E-state index >= 15 is 0 Å². The highest BCUT2D eigenvalue weighted by Crippen LogP contribution is 2.46. The van der Waals surface area contributed by atoms with Gasteiger partial charge < -0.3 is 15.2 Å². The summed E-state index contributed by atoms with van der Waals surface area (Å²) in [6.45, 7) is 5.79. The molecule has 0 spiro atoms. The van der Waals surface area contributed by atoms with Crippen LogP contribution >= 0.6 is 0 Å². The number of hydrogen-bond donors (Lipinski definition) is 1. The number of benzene rings is 1. The number of methoxy groups -OCH3 is 1. The second-order valence-electron chi connectivity index (χ2n) is 6.05. The van der Waals surface area contributed by atoms with Crippen molar-refractivity contribution in [2.24, 2.45) is 5.73 Å². The van der Waals surface area contributed by atoms with Crippen LogP contribution in [0.2, 0.25) is 0 Å². The van der Waals surface area contributed by atoms with E-state index in [0.29, 0.717) is 6.54 Å². The van der Waals surface area contributed by atoms with Gasteiger partial charge in [-0.15, -0.1) is 0 Å². The Labute approximate surface area is 116 Å². The molecule has 1 heterocycles. The minimum atomic E-state index is -0.103. The SMILES string of the molecule is COc1ccccc1[C@@]1(CCN)CCOC(C)(C)C1. The Kier molecular flexibility index (Phi) is 4.16. The van der Waals surface area contributed by atoms with E-state index < -0.39 is 0 Å². The van der Waals surface area contributed by atoms with E-state index in [2.05, 4.69) is 26.0 Å². The van der Waals surface area contributed by atoms with Crippen molar-refractivity contribution in [3.63, 3.8) is 0 Å². The first kappa shape index (κ1) is 14.4.